The van der Waals surface area contributed by atoms with E-state index in [-0.39, 0.29) is 5.91 Å². The summed E-state index contributed by atoms with van der Waals surface area (Å²) in [5.41, 5.74) is 0.929. The van der Waals surface area contributed by atoms with Crippen molar-refractivity contribution >= 4 is 22.4 Å². The van der Waals surface area contributed by atoms with Crippen LogP contribution in [0, 0.1) is 0 Å². The Kier molecular flexibility index (Phi) is 5.19. The average Bonchev–Trinajstić information content (AvgIpc) is 3.06. The van der Waals surface area contributed by atoms with Gasteiger partial charge in [0.25, 0.3) is 0 Å². The first-order chi connectivity index (χ1) is 9.70. The minimum Gasteiger partial charge on any atom is -0.343 e. The molecule has 1 N–H and O–H groups in total. The van der Waals surface area contributed by atoms with Crippen molar-refractivity contribution in [1.29, 1.82) is 0 Å². The van der Waals surface area contributed by atoms with Crippen LogP contribution in [-0.2, 0) is 17.8 Å². The maximum absolute atomic E-state index is 11.4. The van der Waals surface area contributed by atoms with Crippen molar-refractivity contribution in [2.75, 3.05) is 18.0 Å². The van der Waals surface area contributed by atoms with Crippen molar-refractivity contribution in [3.63, 3.8) is 0 Å². The van der Waals surface area contributed by atoms with Crippen LogP contribution in [0.1, 0.15) is 25.4 Å². The predicted molar refractivity (Wildman–Crippen MR) is 75.5 cm³/mol. The van der Waals surface area contributed by atoms with Crippen molar-refractivity contribution in [2.24, 2.45) is 0 Å². The van der Waals surface area contributed by atoms with Crippen LogP contribution in [0.5, 0.6) is 0 Å². The first-order valence-electron chi connectivity index (χ1n) is 6.39. The Bertz CT molecular complexity index is 540. The average molecular weight is 295 g/mol. The zero-order chi connectivity index (χ0) is 14.4. The van der Waals surface area contributed by atoms with Gasteiger partial charge in [-0.3, -0.25) is 9.69 Å². The van der Waals surface area contributed by atoms with Gasteiger partial charge in [-0.05, 0) is 6.92 Å². The maximum Gasteiger partial charge on any atom is 0.225 e. The molecular formula is C12H17N5O2S. The number of amides is 1. The molecule has 0 aliphatic heterocycles. The topological polar surface area (TPSA) is 84.2 Å². The summed E-state index contributed by atoms with van der Waals surface area (Å²) in [5.74, 6) is 0.698. The van der Waals surface area contributed by atoms with E-state index in [2.05, 4.69) is 25.0 Å². The summed E-state index contributed by atoms with van der Waals surface area (Å²) in [4.78, 5) is 21.5. The molecule has 0 aromatic carbocycles. The second-order valence-electron chi connectivity index (χ2n) is 4.16. The molecule has 0 aliphatic carbocycles. The fourth-order valence-corrected chi connectivity index (χ4v) is 2.65. The number of aromatic nitrogens is 3. The lowest BCUT2D eigenvalue weighted by Crippen LogP contribution is -2.27. The van der Waals surface area contributed by atoms with Gasteiger partial charge in [-0.2, -0.15) is 4.98 Å². The third kappa shape index (κ3) is 3.84. The summed E-state index contributed by atoms with van der Waals surface area (Å²) < 4.78 is 4.66. The molecule has 1 amide bonds. The first-order valence-corrected chi connectivity index (χ1v) is 7.27. The van der Waals surface area contributed by atoms with Crippen molar-refractivity contribution in [2.45, 2.75) is 26.8 Å². The van der Waals surface area contributed by atoms with Crippen LogP contribution in [0.3, 0.4) is 0 Å². The Hall–Kier alpha value is -1.80. The highest BCUT2D eigenvalue weighted by atomic mass is 32.1. The standard InChI is InChI=1S/C12H17N5O2S/c1-3-17(9(2)18)12-15-10(7-20-12)6-13-5-4-11-14-8-19-16-11/h7-8,13H,3-6H2,1-2H3. The molecule has 2 aromatic rings. The van der Waals surface area contributed by atoms with Crippen LogP contribution >= 0.6 is 11.3 Å². The number of nitrogens with one attached hydrogen (secondary N) is 1. The summed E-state index contributed by atoms with van der Waals surface area (Å²) in [5, 5.41) is 9.70. The van der Waals surface area contributed by atoms with E-state index in [1.165, 1.54) is 17.7 Å². The minimum atomic E-state index is 0.0125. The van der Waals surface area contributed by atoms with Crippen molar-refractivity contribution < 1.29 is 9.32 Å². The Morgan fingerprint density at radius 3 is 3.05 bits per heavy atom. The van der Waals surface area contributed by atoms with E-state index in [0.717, 1.165) is 17.4 Å². The number of rotatable bonds is 7. The highest BCUT2D eigenvalue weighted by Gasteiger charge is 2.13. The molecule has 108 valence electrons. The summed E-state index contributed by atoms with van der Waals surface area (Å²) >= 11 is 1.48. The zero-order valence-corrected chi connectivity index (χ0v) is 12.3. The monoisotopic (exact) mass is 295 g/mol. The molecule has 0 radical (unpaired) electrons. The Morgan fingerprint density at radius 1 is 1.55 bits per heavy atom. The second-order valence-corrected chi connectivity index (χ2v) is 5.00. The van der Waals surface area contributed by atoms with Gasteiger partial charge in [0.2, 0.25) is 12.3 Å². The summed E-state index contributed by atoms with van der Waals surface area (Å²) in [6.45, 7) is 5.52. The molecule has 2 aromatic heterocycles. The molecule has 0 bridgehead atoms. The molecule has 8 heteroatoms. The van der Waals surface area contributed by atoms with Crippen molar-refractivity contribution in [1.82, 2.24) is 20.4 Å². The quantitative estimate of drug-likeness (QED) is 0.773. The normalized spacial score (nSPS) is 10.7. The summed E-state index contributed by atoms with van der Waals surface area (Å²) in [7, 11) is 0. The van der Waals surface area contributed by atoms with Gasteiger partial charge in [-0.1, -0.05) is 5.16 Å². The molecule has 0 atom stereocenters. The predicted octanol–water partition coefficient (Wildman–Crippen LogP) is 1.23. The summed E-state index contributed by atoms with van der Waals surface area (Å²) in [6.07, 6.45) is 2.03. The number of anilines is 1. The highest BCUT2D eigenvalue weighted by Crippen LogP contribution is 2.20. The van der Waals surface area contributed by atoms with Gasteiger partial charge in [-0.15, -0.1) is 11.3 Å². The van der Waals surface area contributed by atoms with E-state index in [9.17, 15) is 4.79 Å². The van der Waals surface area contributed by atoms with E-state index in [1.54, 1.807) is 11.8 Å². The SMILES string of the molecule is CCN(C(C)=O)c1nc(CNCCc2ncon2)cs1. The molecule has 0 saturated carbocycles. The van der Waals surface area contributed by atoms with Gasteiger partial charge in [0.1, 0.15) is 0 Å². The van der Waals surface area contributed by atoms with Crippen LogP contribution in [0.2, 0.25) is 0 Å². The van der Waals surface area contributed by atoms with E-state index in [0.29, 0.717) is 25.3 Å². The number of thiazole rings is 1. The Morgan fingerprint density at radius 2 is 2.40 bits per heavy atom. The number of carbonyl (C=O) groups excluding carboxylic acids is 1. The molecular weight excluding hydrogens is 278 g/mol. The van der Waals surface area contributed by atoms with Crippen molar-refractivity contribution in [3.8, 4) is 0 Å². The third-order valence-electron chi connectivity index (χ3n) is 2.71. The molecule has 2 heterocycles. The van der Waals surface area contributed by atoms with E-state index in [4.69, 9.17) is 0 Å². The maximum atomic E-state index is 11.4. The Balaban J connectivity index is 1.79. The zero-order valence-electron chi connectivity index (χ0n) is 11.5. The number of carbonyl (C=O) groups is 1. The van der Waals surface area contributed by atoms with Crippen molar-refractivity contribution in [3.05, 3.63) is 23.3 Å². The summed E-state index contributed by atoms with van der Waals surface area (Å²) in [6, 6.07) is 0. The minimum absolute atomic E-state index is 0.0125. The molecule has 20 heavy (non-hydrogen) atoms. The molecule has 0 saturated heterocycles. The first kappa shape index (κ1) is 14.6. The van der Waals surface area contributed by atoms with Gasteiger partial charge in [0, 0.05) is 38.4 Å². The third-order valence-corrected chi connectivity index (χ3v) is 3.62. The molecule has 0 aliphatic rings. The van der Waals surface area contributed by atoms with E-state index >= 15 is 0 Å². The lowest BCUT2D eigenvalue weighted by molar-refractivity contribution is -0.116. The molecule has 0 fully saturated rings. The fraction of sp³-hybridized carbons (Fsp3) is 0.500. The molecule has 2 rings (SSSR count). The molecule has 0 unspecified atom stereocenters. The number of hydrogen-bond acceptors (Lipinski definition) is 7. The van der Waals surface area contributed by atoms with Gasteiger partial charge in [0.15, 0.2) is 11.0 Å². The van der Waals surface area contributed by atoms with Gasteiger partial charge >= 0.3 is 0 Å². The second kappa shape index (κ2) is 7.11. The van der Waals surface area contributed by atoms with Gasteiger partial charge < -0.3 is 9.84 Å². The molecule has 7 nitrogen and oxygen atoms in total. The van der Waals surface area contributed by atoms with E-state index < -0.39 is 0 Å². The largest absolute Gasteiger partial charge is 0.343 e. The van der Waals surface area contributed by atoms with Crippen LogP contribution in [0.4, 0.5) is 5.13 Å². The van der Waals surface area contributed by atoms with Gasteiger partial charge in [0.05, 0.1) is 5.69 Å². The smallest absolute Gasteiger partial charge is 0.225 e. The highest BCUT2D eigenvalue weighted by molar-refractivity contribution is 7.14. The van der Waals surface area contributed by atoms with Crippen LogP contribution < -0.4 is 10.2 Å². The van der Waals surface area contributed by atoms with Gasteiger partial charge in [-0.25, -0.2) is 4.98 Å². The number of nitrogens with zero attached hydrogens (tertiary/aromatic N) is 4. The fourth-order valence-electron chi connectivity index (χ4n) is 1.71. The molecule has 0 spiro atoms. The lowest BCUT2D eigenvalue weighted by atomic mass is 10.4. The Labute approximate surface area is 121 Å². The van der Waals surface area contributed by atoms with Crippen LogP contribution in [0.15, 0.2) is 16.3 Å². The number of hydrogen-bond donors (Lipinski definition) is 1. The van der Waals surface area contributed by atoms with Crippen LogP contribution in [0.25, 0.3) is 0 Å². The van der Waals surface area contributed by atoms with Crippen LogP contribution in [-0.4, -0.2) is 34.1 Å². The lowest BCUT2D eigenvalue weighted by Gasteiger charge is -2.14. The van der Waals surface area contributed by atoms with E-state index in [1.807, 2.05) is 12.3 Å².